The average molecular weight is 117 g/mol. The molecule has 1 rings (SSSR count). The summed E-state index contributed by atoms with van der Waals surface area (Å²) in [5, 5.41) is 14.2. The number of rotatable bonds is 0. The molecule has 0 saturated carbocycles. The van der Waals surface area contributed by atoms with Crippen LogP contribution in [-0.2, 0) is 0 Å². The maximum Gasteiger partial charge on any atom is 0.152 e. The predicted octanol–water partition coefficient (Wildman–Crippen LogP) is 0.285. The molecule has 0 spiro atoms. The first-order valence-corrected chi connectivity index (χ1v) is 2.32. The third-order valence-electron chi connectivity index (χ3n) is 0.761. The van der Waals surface area contributed by atoms with Crippen molar-refractivity contribution in [3.8, 4) is 17.9 Å². The number of nitrogens with zero attached hydrogens (tertiary/aromatic N) is 2. The predicted molar refractivity (Wildman–Crippen MR) is 31.1 cm³/mol. The number of nitrogens with one attached hydrogen (secondary N) is 1. The smallest absolute Gasteiger partial charge is 0.152 e. The van der Waals surface area contributed by atoms with Gasteiger partial charge in [-0.05, 0) is 5.92 Å². The summed E-state index contributed by atoms with van der Waals surface area (Å²) in [5.74, 6) is 4.82. The topological polar surface area (TPSA) is 52.5 Å². The summed E-state index contributed by atoms with van der Waals surface area (Å²) < 4.78 is 0. The van der Waals surface area contributed by atoms with E-state index in [1.807, 2.05) is 0 Å². The molecule has 0 saturated heterocycles. The fourth-order valence-electron chi connectivity index (χ4n) is 0.419. The van der Waals surface area contributed by atoms with Gasteiger partial charge in [-0.15, -0.1) is 0 Å². The van der Waals surface area contributed by atoms with Gasteiger partial charge < -0.3 is 0 Å². The summed E-state index contributed by atoms with van der Waals surface area (Å²) >= 11 is 0. The fourth-order valence-corrected chi connectivity index (χ4v) is 0.419. The summed E-state index contributed by atoms with van der Waals surface area (Å²) in [6.45, 7) is 0. The summed E-state index contributed by atoms with van der Waals surface area (Å²) in [4.78, 5) is 0. The molecular formula is C6H3N3. The van der Waals surface area contributed by atoms with Crippen molar-refractivity contribution in [1.82, 2.24) is 10.2 Å². The van der Waals surface area contributed by atoms with Crippen LogP contribution in [0.4, 0.5) is 0 Å². The first-order chi connectivity index (χ1) is 4.43. The van der Waals surface area contributed by atoms with Gasteiger partial charge in [0.25, 0.3) is 0 Å². The molecule has 0 aliphatic rings. The molecule has 1 aromatic rings. The molecule has 1 N–H and O–H groups in total. The Morgan fingerprint density at radius 2 is 2.56 bits per heavy atom. The van der Waals surface area contributed by atoms with Gasteiger partial charge in [0.05, 0.1) is 11.8 Å². The Morgan fingerprint density at radius 1 is 1.67 bits per heavy atom. The normalized spacial score (nSPS) is 7.00. The lowest BCUT2D eigenvalue weighted by Crippen LogP contribution is -1.60. The average Bonchev–Trinajstić information content (AvgIpc) is 2.34. The fraction of sp³-hybridized carbons (Fsp3) is 0. The van der Waals surface area contributed by atoms with E-state index in [1.165, 1.54) is 0 Å². The third-order valence-corrected chi connectivity index (χ3v) is 0.761. The number of nitriles is 1. The minimum absolute atomic E-state index is 0.733. The Hall–Kier alpha value is -1.74. The second-order valence-corrected chi connectivity index (χ2v) is 1.35. The van der Waals surface area contributed by atoms with E-state index in [-0.39, 0.29) is 0 Å². The van der Waals surface area contributed by atoms with E-state index in [9.17, 15) is 0 Å². The van der Waals surface area contributed by atoms with Crippen LogP contribution in [0.15, 0.2) is 12.4 Å². The lowest BCUT2D eigenvalue weighted by molar-refractivity contribution is 1.09. The second-order valence-electron chi connectivity index (χ2n) is 1.35. The second kappa shape index (κ2) is 2.54. The molecule has 0 aliphatic carbocycles. The number of H-pyrrole nitrogens is 1. The van der Waals surface area contributed by atoms with Crippen LogP contribution in [0.2, 0.25) is 0 Å². The van der Waals surface area contributed by atoms with E-state index < -0.39 is 0 Å². The Kier molecular flexibility index (Phi) is 1.52. The molecule has 0 radical (unpaired) electrons. The highest BCUT2D eigenvalue weighted by atomic mass is 15.1. The van der Waals surface area contributed by atoms with Crippen LogP contribution in [-0.4, -0.2) is 10.2 Å². The van der Waals surface area contributed by atoms with E-state index >= 15 is 0 Å². The van der Waals surface area contributed by atoms with Crippen molar-refractivity contribution in [1.29, 1.82) is 5.26 Å². The zero-order valence-corrected chi connectivity index (χ0v) is 4.55. The maximum absolute atomic E-state index is 8.01. The minimum atomic E-state index is 0.733. The Bertz CT molecular complexity index is 267. The highest BCUT2D eigenvalue weighted by Gasteiger charge is 1.81. The molecule has 3 heteroatoms. The zero-order valence-electron chi connectivity index (χ0n) is 4.55. The van der Waals surface area contributed by atoms with Gasteiger partial charge >= 0.3 is 0 Å². The first kappa shape index (κ1) is 5.40. The van der Waals surface area contributed by atoms with E-state index in [4.69, 9.17) is 5.26 Å². The van der Waals surface area contributed by atoms with Crippen LogP contribution in [0, 0.1) is 23.2 Å². The monoisotopic (exact) mass is 117 g/mol. The van der Waals surface area contributed by atoms with Crippen molar-refractivity contribution in [2.75, 3.05) is 0 Å². The van der Waals surface area contributed by atoms with Crippen LogP contribution in [0.3, 0.4) is 0 Å². The van der Waals surface area contributed by atoms with Gasteiger partial charge in [0.1, 0.15) is 0 Å². The minimum Gasteiger partial charge on any atom is -0.284 e. The van der Waals surface area contributed by atoms with Crippen molar-refractivity contribution in [3.05, 3.63) is 18.0 Å². The van der Waals surface area contributed by atoms with Crippen LogP contribution in [0.1, 0.15) is 5.56 Å². The molecular weight excluding hydrogens is 114 g/mol. The van der Waals surface area contributed by atoms with Gasteiger partial charge in [0, 0.05) is 12.1 Å². The van der Waals surface area contributed by atoms with Crippen LogP contribution >= 0.6 is 0 Å². The van der Waals surface area contributed by atoms with Gasteiger partial charge in [-0.3, -0.25) is 5.10 Å². The van der Waals surface area contributed by atoms with Gasteiger partial charge in [-0.1, -0.05) is 0 Å². The molecule has 0 amide bonds. The molecule has 1 aromatic heterocycles. The standard InChI is InChI=1S/C6H3N3/c7-3-1-2-6-4-8-9-5-6/h4-5H,(H,8,9). The zero-order chi connectivity index (χ0) is 6.53. The number of aromatic nitrogens is 2. The maximum atomic E-state index is 8.01. The van der Waals surface area contributed by atoms with Crippen LogP contribution in [0.25, 0.3) is 0 Å². The summed E-state index contributed by atoms with van der Waals surface area (Å²) in [6.07, 6.45) is 3.19. The quantitative estimate of drug-likeness (QED) is 0.496. The highest BCUT2D eigenvalue weighted by molar-refractivity contribution is 5.33. The van der Waals surface area contributed by atoms with E-state index in [0.29, 0.717) is 0 Å². The molecule has 3 nitrogen and oxygen atoms in total. The molecule has 0 aliphatic heterocycles. The third kappa shape index (κ3) is 1.32. The largest absolute Gasteiger partial charge is 0.284 e. The Morgan fingerprint density at radius 3 is 3.11 bits per heavy atom. The summed E-state index contributed by atoms with van der Waals surface area (Å²) in [5.41, 5.74) is 0.733. The molecule has 42 valence electrons. The first-order valence-electron chi connectivity index (χ1n) is 2.32. The van der Waals surface area contributed by atoms with E-state index in [1.54, 1.807) is 18.5 Å². The number of hydrogen-bond acceptors (Lipinski definition) is 2. The SMILES string of the molecule is N#CC#Cc1cn[nH]c1. The van der Waals surface area contributed by atoms with Crippen molar-refractivity contribution < 1.29 is 0 Å². The van der Waals surface area contributed by atoms with Gasteiger partial charge in [-0.2, -0.15) is 10.4 Å². The van der Waals surface area contributed by atoms with Crippen molar-refractivity contribution in [2.45, 2.75) is 0 Å². The molecule has 9 heavy (non-hydrogen) atoms. The van der Waals surface area contributed by atoms with Crippen molar-refractivity contribution >= 4 is 0 Å². The number of aromatic amines is 1. The van der Waals surface area contributed by atoms with E-state index in [2.05, 4.69) is 22.0 Å². The van der Waals surface area contributed by atoms with Crippen LogP contribution in [0.5, 0.6) is 0 Å². The van der Waals surface area contributed by atoms with Crippen LogP contribution < -0.4 is 0 Å². The lowest BCUT2D eigenvalue weighted by Gasteiger charge is -1.66. The van der Waals surface area contributed by atoms with Crippen molar-refractivity contribution in [2.24, 2.45) is 0 Å². The molecule has 0 unspecified atom stereocenters. The molecule has 0 atom stereocenters. The molecule has 0 fully saturated rings. The van der Waals surface area contributed by atoms with Gasteiger partial charge in [0.2, 0.25) is 0 Å². The summed E-state index contributed by atoms with van der Waals surface area (Å²) in [6, 6.07) is 1.70. The lowest BCUT2D eigenvalue weighted by atomic mass is 10.4. The number of hydrogen-bond donors (Lipinski definition) is 1. The molecule has 0 bridgehead atoms. The van der Waals surface area contributed by atoms with E-state index in [0.717, 1.165) is 5.56 Å². The Balaban J connectivity index is 2.82. The summed E-state index contributed by atoms with van der Waals surface area (Å²) in [7, 11) is 0. The molecule has 0 aromatic carbocycles. The molecule has 1 heterocycles. The van der Waals surface area contributed by atoms with Gasteiger partial charge in [-0.25, -0.2) is 0 Å². The van der Waals surface area contributed by atoms with Gasteiger partial charge in [0.15, 0.2) is 6.07 Å². The van der Waals surface area contributed by atoms with Crippen molar-refractivity contribution in [3.63, 3.8) is 0 Å². The Labute approximate surface area is 52.3 Å². The highest BCUT2D eigenvalue weighted by Crippen LogP contribution is 1.86.